The fraction of sp³-hybridized carbons (Fsp3) is 0.333. The molecule has 0 radical (unpaired) electrons. The number of hydrogen-bond acceptors (Lipinski definition) is 5. The normalized spacial score (nSPS) is 16.9. The topological polar surface area (TPSA) is 81.5 Å². The number of fused-ring (bicyclic) bond motifs is 2. The highest BCUT2D eigenvalue weighted by atomic mass is 35.5. The van der Waals surface area contributed by atoms with Crippen molar-refractivity contribution in [2.75, 3.05) is 0 Å². The van der Waals surface area contributed by atoms with Crippen molar-refractivity contribution in [3.8, 4) is 22.8 Å². The zero-order chi connectivity index (χ0) is 25.7. The van der Waals surface area contributed by atoms with Crippen LogP contribution in [0.25, 0.3) is 33.3 Å². The molecule has 10 heteroatoms. The van der Waals surface area contributed by atoms with E-state index >= 15 is 0 Å². The van der Waals surface area contributed by atoms with E-state index in [9.17, 15) is 8.78 Å². The molecule has 6 rings (SSSR count). The summed E-state index contributed by atoms with van der Waals surface area (Å²) in [6.45, 7) is 3.93. The molecule has 0 bridgehead atoms. The summed E-state index contributed by atoms with van der Waals surface area (Å²) in [6.07, 6.45) is 6.15. The van der Waals surface area contributed by atoms with Crippen LogP contribution in [0.15, 0.2) is 48.9 Å². The Balaban J connectivity index is 1.26. The number of hydrogen-bond donors (Lipinski definition) is 1. The number of aryl methyl sites for hydroxylation is 1. The predicted molar refractivity (Wildman–Crippen MR) is 138 cm³/mol. The van der Waals surface area contributed by atoms with Crippen LogP contribution < -0.4 is 4.74 Å². The average Bonchev–Trinajstić information content (AvgIpc) is 3.51. The van der Waals surface area contributed by atoms with Crippen LogP contribution in [0.5, 0.6) is 11.5 Å². The molecule has 1 fully saturated rings. The lowest BCUT2D eigenvalue weighted by Gasteiger charge is -2.32. The molecule has 3 aromatic heterocycles. The highest BCUT2D eigenvalue weighted by Crippen LogP contribution is 2.41. The van der Waals surface area contributed by atoms with Crippen LogP contribution in [-0.2, 0) is 0 Å². The number of imidazole rings is 1. The number of rotatable bonds is 5. The van der Waals surface area contributed by atoms with Gasteiger partial charge in [-0.2, -0.15) is 5.10 Å². The van der Waals surface area contributed by atoms with Gasteiger partial charge in [0.1, 0.15) is 27.9 Å². The van der Waals surface area contributed by atoms with Crippen LogP contribution in [0.4, 0.5) is 8.78 Å². The van der Waals surface area contributed by atoms with E-state index in [0.29, 0.717) is 46.1 Å². The Morgan fingerprint density at radius 2 is 1.89 bits per heavy atom. The van der Waals surface area contributed by atoms with Gasteiger partial charge in [-0.3, -0.25) is 9.67 Å². The van der Waals surface area contributed by atoms with Gasteiger partial charge < -0.3 is 9.72 Å². The average molecular weight is 523 g/mol. The van der Waals surface area contributed by atoms with E-state index < -0.39 is 5.92 Å². The van der Waals surface area contributed by atoms with Crippen molar-refractivity contribution in [2.24, 2.45) is 5.92 Å². The minimum atomic E-state index is -2.54. The van der Waals surface area contributed by atoms with E-state index in [0.717, 1.165) is 22.4 Å². The van der Waals surface area contributed by atoms with E-state index in [2.05, 4.69) is 20.1 Å². The molecule has 1 atom stereocenters. The monoisotopic (exact) mass is 522 g/mol. The summed E-state index contributed by atoms with van der Waals surface area (Å²) in [6, 6.07) is 9.21. The molecule has 37 heavy (non-hydrogen) atoms. The van der Waals surface area contributed by atoms with Crippen molar-refractivity contribution >= 4 is 33.7 Å². The Bertz CT molecular complexity index is 1600. The maximum atomic E-state index is 13.6. The highest BCUT2D eigenvalue weighted by Gasteiger charge is 2.37. The fourth-order valence-electron chi connectivity index (χ4n) is 5.00. The molecule has 3 heterocycles. The fourth-order valence-corrected chi connectivity index (χ4v) is 5.25. The number of benzene rings is 2. The van der Waals surface area contributed by atoms with Gasteiger partial charge in [0.2, 0.25) is 5.92 Å². The Labute approximate surface area is 216 Å². The van der Waals surface area contributed by atoms with Gasteiger partial charge in [-0.1, -0.05) is 11.6 Å². The molecule has 190 valence electrons. The standard InChI is InChI=1S/C27H25ClF2N6O/c1-15(17-7-9-27(29,30)10-8-17)36-14-18(12-32-36)23-13-31-21-5-6-24(25(28)26(21)35-23)37-19-3-4-20-22(11-19)34-16(2)33-20/h3-6,11-15,17H,7-10H2,1-2H3,(H,33,34)/t15-/m0/s1. The minimum Gasteiger partial charge on any atom is -0.456 e. The number of H-pyrrole nitrogens is 1. The lowest BCUT2D eigenvalue weighted by atomic mass is 9.83. The van der Waals surface area contributed by atoms with Crippen molar-refractivity contribution in [3.05, 3.63) is 59.8 Å². The van der Waals surface area contributed by atoms with Gasteiger partial charge in [-0.05, 0) is 56.9 Å². The number of alkyl halides is 2. The number of nitrogens with zero attached hydrogens (tertiary/aromatic N) is 5. The van der Waals surface area contributed by atoms with E-state index in [1.54, 1.807) is 18.5 Å². The summed E-state index contributed by atoms with van der Waals surface area (Å²) in [5.41, 5.74) is 4.30. The molecular formula is C27H25ClF2N6O. The molecule has 1 aliphatic carbocycles. The largest absolute Gasteiger partial charge is 0.456 e. The van der Waals surface area contributed by atoms with Gasteiger partial charge in [0, 0.05) is 30.7 Å². The first-order chi connectivity index (χ1) is 17.8. The Kier molecular flexibility index (Phi) is 5.82. The predicted octanol–water partition coefficient (Wildman–Crippen LogP) is 7.51. The highest BCUT2D eigenvalue weighted by molar-refractivity contribution is 6.36. The van der Waals surface area contributed by atoms with Gasteiger partial charge in [0.15, 0.2) is 0 Å². The number of aromatic amines is 1. The number of ether oxygens (including phenoxy) is 1. The Morgan fingerprint density at radius 1 is 1.11 bits per heavy atom. The van der Waals surface area contributed by atoms with Crippen LogP contribution in [0.3, 0.4) is 0 Å². The quantitative estimate of drug-likeness (QED) is 0.258. The summed E-state index contributed by atoms with van der Waals surface area (Å²) in [5, 5.41) is 4.86. The van der Waals surface area contributed by atoms with E-state index in [1.165, 1.54) is 0 Å². The minimum absolute atomic E-state index is 0.0119. The molecule has 0 amide bonds. The summed E-state index contributed by atoms with van der Waals surface area (Å²) >= 11 is 6.72. The molecule has 1 saturated carbocycles. The summed E-state index contributed by atoms with van der Waals surface area (Å²) < 4.78 is 35.1. The molecular weight excluding hydrogens is 498 g/mol. The summed E-state index contributed by atoms with van der Waals surface area (Å²) in [5.74, 6) is -0.462. The van der Waals surface area contributed by atoms with Crippen LogP contribution in [0.1, 0.15) is 44.5 Å². The van der Waals surface area contributed by atoms with Crippen LogP contribution in [0, 0.1) is 12.8 Å². The van der Waals surface area contributed by atoms with Crippen LogP contribution in [-0.4, -0.2) is 35.6 Å². The van der Waals surface area contributed by atoms with Crippen molar-refractivity contribution in [2.45, 2.75) is 51.5 Å². The van der Waals surface area contributed by atoms with Crippen LogP contribution >= 0.6 is 11.6 Å². The third-order valence-corrected chi connectivity index (χ3v) is 7.54. The molecule has 0 aliphatic heterocycles. The molecule has 2 aromatic carbocycles. The summed E-state index contributed by atoms with van der Waals surface area (Å²) in [7, 11) is 0. The molecule has 1 aliphatic rings. The zero-order valence-corrected chi connectivity index (χ0v) is 21.1. The molecule has 0 spiro atoms. The zero-order valence-electron chi connectivity index (χ0n) is 20.4. The maximum Gasteiger partial charge on any atom is 0.248 e. The van der Waals surface area contributed by atoms with E-state index in [1.807, 2.05) is 49.0 Å². The van der Waals surface area contributed by atoms with Crippen molar-refractivity contribution < 1.29 is 13.5 Å². The first-order valence-electron chi connectivity index (χ1n) is 12.3. The second-order valence-electron chi connectivity index (χ2n) is 9.75. The smallest absolute Gasteiger partial charge is 0.248 e. The maximum absolute atomic E-state index is 13.6. The first kappa shape index (κ1) is 23.8. The van der Waals surface area contributed by atoms with Gasteiger partial charge >= 0.3 is 0 Å². The van der Waals surface area contributed by atoms with Gasteiger partial charge in [0.05, 0.1) is 40.7 Å². The number of nitrogens with one attached hydrogen (secondary N) is 1. The number of halogens is 3. The Hall–Kier alpha value is -3.59. The molecule has 5 aromatic rings. The Morgan fingerprint density at radius 3 is 2.70 bits per heavy atom. The third kappa shape index (κ3) is 4.64. The van der Waals surface area contributed by atoms with Crippen molar-refractivity contribution in [1.29, 1.82) is 0 Å². The summed E-state index contributed by atoms with van der Waals surface area (Å²) in [4.78, 5) is 16.9. The number of aromatic nitrogens is 6. The first-order valence-corrected chi connectivity index (χ1v) is 12.7. The second kappa shape index (κ2) is 9.06. The van der Waals surface area contributed by atoms with Gasteiger partial charge in [-0.15, -0.1) is 0 Å². The van der Waals surface area contributed by atoms with Crippen molar-refractivity contribution in [3.63, 3.8) is 0 Å². The lowest BCUT2D eigenvalue weighted by Crippen LogP contribution is -2.29. The van der Waals surface area contributed by atoms with Crippen LogP contribution in [0.2, 0.25) is 5.02 Å². The van der Waals surface area contributed by atoms with Gasteiger partial charge in [-0.25, -0.2) is 18.7 Å². The van der Waals surface area contributed by atoms with E-state index in [4.69, 9.17) is 21.3 Å². The molecule has 1 N–H and O–H groups in total. The SMILES string of the molecule is Cc1nc2ccc(Oc3ccc4ncc(-c5cnn([C@@H](C)C6CCC(F)(F)CC6)c5)nc4c3Cl)cc2[nH]1. The lowest BCUT2D eigenvalue weighted by molar-refractivity contribution is -0.0510. The third-order valence-electron chi connectivity index (χ3n) is 7.18. The molecule has 7 nitrogen and oxygen atoms in total. The van der Waals surface area contributed by atoms with E-state index in [-0.39, 0.29) is 24.8 Å². The molecule has 0 unspecified atom stereocenters. The van der Waals surface area contributed by atoms with Gasteiger partial charge in [0.25, 0.3) is 0 Å². The second-order valence-corrected chi connectivity index (χ2v) is 10.1. The van der Waals surface area contributed by atoms with Crippen molar-refractivity contribution in [1.82, 2.24) is 29.7 Å². The molecule has 0 saturated heterocycles.